The first kappa shape index (κ1) is 24.0. The zero-order valence-electron chi connectivity index (χ0n) is 17.5. The minimum Gasteiger partial charge on any atom is -0.368 e. The molecule has 1 aliphatic rings. The third-order valence-corrected chi connectivity index (χ3v) is 6.81. The van der Waals surface area contributed by atoms with Gasteiger partial charge in [0.2, 0.25) is 15.9 Å². The lowest BCUT2D eigenvalue weighted by atomic mass is 10.2. The van der Waals surface area contributed by atoms with Crippen molar-refractivity contribution < 1.29 is 22.4 Å². The van der Waals surface area contributed by atoms with E-state index in [-0.39, 0.29) is 23.9 Å². The van der Waals surface area contributed by atoms with Crippen LogP contribution >= 0.6 is 11.6 Å². The monoisotopic (exact) mass is 482 g/mol. The molecule has 0 radical (unpaired) electrons. The molecule has 8 nitrogen and oxygen atoms in total. The molecule has 1 saturated heterocycles. The molecule has 1 aliphatic heterocycles. The number of amides is 2. The lowest BCUT2D eigenvalue weighted by Gasteiger charge is -2.36. The lowest BCUT2D eigenvalue weighted by Crippen LogP contribution is -2.51. The van der Waals surface area contributed by atoms with Crippen molar-refractivity contribution in [1.82, 2.24) is 14.9 Å². The van der Waals surface area contributed by atoms with E-state index in [1.165, 1.54) is 0 Å². The number of sulfonamides is 1. The van der Waals surface area contributed by atoms with Crippen LogP contribution in [0.4, 0.5) is 10.1 Å². The van der Waals surface area contributed by atoms with Crippen molar-refractivity contribution in [1.29, 1.82) is 0 Å². The third-order valence-electron chi connectivity index (χ3n) is 5.03. The molecule has 11 heteroatoms. The quantitative estimate of drug-likeness (QED) is 0.627. The summed E-state index contributed by atoms with van der Waals surface area (Å²) in [6.07, 6.45) is 0. The summed E-state index contributed by atoms with van der Waals surface area (Å²) in [5, 5.41) is 3.02. The molecule has 32 heavy (non-hydrogen) atoms. The molecular weight excluding hydrogens is 459 g/mol. The van der Waals surface area contributed by atoms with Crippen LogP contribution in [0.25, 0.3) is 0 Å². The Labute approximate surface area is 191 Å². The minimum atomic E-state index is -3.85. The molecule has 0 saturated carbocycles. The van der Waals surface area contributed by atoms with Gasteiger partial charge in [0, 0.05) is 43.4 Å². The molecule has 2 amide bonds. The molecule has 0 spiro atoms. The van der Waals surface area contributed by atoms with Gasteiger partial charge in [-0.2, -0.15) is 0 Å². The molecular formula is C21H24ClFN4O4S. The molecule has 0 atom stereocenters. The summed E-state index contributed by atoms with van der Waals surface area (Å²) in [6, 6.07) is 10.4. The van der Waals surface area contributed by atoms with Gasteiger partial charge in [-0.15, -0.1) is 0 Å². The summed E-state index contributed by atoms with van der Waals surface area (Å²) in [7, 11) is -3.85. The SMILES string of the molecule is CCNS(=O)(=O)c1ccc(F)c(C(=O)NCC(=O)N2CCN(c3cccc(Cl)c3)CC2)c1. The fourth-order valence-electron chi connectivity index (χ4n) is 3.37. The molecule has 3 rings (SSSR count). The van der Waals surface area contributed by atoms with E-state index in [2.05, 4.69) is 14.9 Å². The van der Waals surface area contributed by atoms with Crippen LogP contribution in [-0.2, 0) is 14.8 Å². The van der Waals surface area contributed by atoms with Crippen LogP contribution in [0.15, 0.2) is 47.4 Å². The molecule has 1 heterocycles. The first-order chi connectivity index (χ1) is 15.2. The summed E-state index contributed by atoms with van der Waals surface area (Å²) in [5.74, 6) is -2.04. The molecule has 172 valence electrons. The van der Waals surface area contributed by atoms with Crippen LogP contribution < -0.4 is 14.9 Å². The number of hydrogen-bond donors (Lipinski definition) is 2. The largest absolute Gasteiger partial charge is 0.368 e. The number of rotatable bonds is 7. The van der Waals surface area contributed by atoms with E-state index in [9.17, 15) is 22.4 Å². The molecule has 2 aromatic carbocycles. The normalized spacial score (nSPS) is 14.3. The first-order valence-corrected chi connectivity index (χ1v) is 11.9. The van der Waals surface area contributed by atoms with E-state index in [1.807, 2.05) is 18.2 Å². The van der Waals surface area contributed by atoms with E-state index in [1.54, 1.807) is 17.9 Å². The minimum absolute atomic E-state index is 0.153. The number of nitrogens with one attached hydrogen (secondary N) is 2. The molecule has 1 fully saturated rings. The highest BCUT2D eigenvalue weighted by atomic mass is 35.5. The maximum Gasteiger partial charge on any atom is 0.254 e. The van der Waals surface area contributed by atoms with Gasteiger partial charge < -0.3 is 15.1 Å². The van der Waals surface area contributed by atoms with Crippen LogP contribution in [0.2, 0.25) is 5.02 Å². The van der Waals surface area contributed by atoms with Gasteiger partial charge in [0.15, 0.2) is 0 Å². The maximum absolute atomic E-state index is 14.1. The van der Waals surface area contributed by atoms with Crippen molar-refractivity contribution in [3.8, 4) is 0 Å². The number of carbonyl (C=O) groups excluding carboxylic acids is 2. The predicted molar refractivity (Wildman–Crippen MR) is 120 cm³/mol. The second kappa shape index (κ2) is 10.3. The number of piperazine rings is 1. The standard InChI is InChI=1S/C21H24ClFN4O4S/c1-2-25-32(30,31)17-6-7-19(23)18(13-17)21(29)24-14-20(28)27-10-8-26(9-11-27)16-5-3-4-15(22)12-16/h3-7,12-13,25H,2,8-11,14H2,1H3,(H,24,29). The fourth-order valence-corrected chi connectivity index (χ4v) is 4.62. The van der Waals surface area contributed by atoms with Crippen LogP contribution in [0.3, 0.4) is 0 Å². The Bertz CT molecular complexity index is 1100. The van der Waals surface area contributed by atoms with E-state index >= 15 is 0 Å². The van der Waals surface area contributed by atoms with Gasteiger partial charge in [-0.3, -0.25) is 9.59 Å². The topological polar surface area (TPSA) is 98.8 Å². The number of nitrogens with zero attached hydrogens (tertiary/aromatic N) is 2. The Balaban J connectivity index is 1.57. The molecule has 2 N–H and O–H groups in total. The summed E-state index contributed by atoms with van der Waals surface area (Å²) in [5.41, 5.74) is 0.531. The number of anilines is 1. The maximum atomic E-state index is 14.1. The van der Waals surface area contributed by atoms with Crippen molar-refractivity contribution in [2.24, 2.45) is 0 Å². The number of halogens is 2. The van der Waals surface area contributed by atoms with Gasteiger partial charge in [0.1, 0.15) is 5.82 Å². The smallest absolute Gasteiger partial charge is 0.254 e. The average Bonchev–Trinajstić information content (AvgIpc) is 2.77. The highest BCUT2D eigenvalue weighted by Gasteiger charge is 2.23. The van der Waals surface area contributed by atoms with Gasteiger partial charge in [-0.05, 0) is 36.4 Å². The highest BCUT2D eigenvalue weighted by Crippen LogP contribution is 2.21. The van der Waals surface area contributed by atoms with Gasteiger partial charge in [0.05, 0.1) is 17.0 Å². The fraction of sp³-hybridized carbons (Fsp3) is 0.333. The summed E-state index contributed by atoms with van der Waals surface area (Å²) >= 11 is 6.03. The summed E-state index contributed by atoms with van der Waals surface area (Å²) < 4.78 is 40.6. The number of benzene rings is 2. The van der Waals surface area contributed by atoms with Gasteiger partial charge >= 0.3 is 0 Å². The second-order valence-electron chi connectivity index (χ2n) is 7.17. The first-order valence-electron chi connectivity index (χ1n) is 10.1. The van der Waals surface area contributed by atoms with Gasteiger partial charge in [-0.25, -0.2) is 17.5 Å². The predicted octanol–water partition coefficient (Wildman–Crippen LogP) is 1.86. The molecule has 0 unspecified atom stereocenters. The Morgan fingerprint density at radius 3 is 2.47 bits per heavy atom. The number of hydrogen-bond acceptors (Lipinski definition) is 5. The van der Waals surface area contributed by atoms with Gasteiger partial charge in [-0.1, -0.05) is 24.6 Å². The third kappa shape index (κ3) is 5.76. The van der Waals surface area contributed by atoms with Crippen molar-refractivity contribution in [3.05, 3.63) is 58.9 Å². The molecule has 0 aliphatic carbocycles. The zero-order chi connectivity index (χ0) is 23.3. The van der Waals surface area contributed by atoms with E-state index in [0.29, 0.717) is 31.2 Å². The van der Waals surface area contributed by atoms with Crippen molar-refractivity contribution in [2.75, 3.05) is 44.2 Å². The van der Waals surface area contributed by atoms with Crippen molar-refractivity contribution >= 4 is 39.1 Å². The van der Waals surface area contributed by atoms with Crippen LogP contribution in [0.5, 0.6) is 0 Å². The van der Waals surface area contributed by atoms with Crippen molar-refractivity contribution in [2.45, 2.75) is 11.8 Å². The second-order valence-corrected chi connectivity index (χ2v) is 9.38. The zero-order valence-corrected chi connectivity index (χ0v) is 19.0. The Hall–Kier alpha value is -2.69. The van der Waals surface area contributed by atoms with Crippen LogP contribution in [-0.4, -0.2) is 64.4 Å². The summed E-state index contributed by atoms with van der Waals surface area (Å²) in [4.78, 5) is 28.4. The van der Waals surface area contributed by atoms with Crippen LogP contribution in [0, 0.1) is 5.82 Å². The van der Waals surface area contributed by atoms with E-state index in [4.69, 9.17) is 11.6 Å². The van der Waals surface area contributed by atoms with E-state index < -0.39 is 27.3 Å². The number of carbonyl (C=O) groups is 2. The van der Waals surface area contributed by atoms with E-state index in [0.717, 1.165) is 23.9 Å². The molecule has 2 aromatic rings. The van der Waals surface area contributed by atoms with Crippen LogP contribution in [0.1, 0.15) is 17.3 Å². The lowest BCUT2D eigenvalue weighted by molar-refractivity contribution is -0.130. The van der Waals surface area contributed by atoms with Crippen molar-refractivity contribution in [3.63, 3.8) is 0 Å². The summed E-state index contributed by atoms with van der Waals surface area (Å²) in [6.45, 7) is 3.59. The molecule has 0 bridgehead atoms. The highest BCUT2D eigenvalue weighted by molar-refractivity contribution is 7.89. The Morgan fingerprint density at radius 2 is 1.81 bits per heavy atom. The Morgan fingerprint density at radius 1 is 1.09 bits per heavy atom. The van der Waals surface area contributed by atoms with Gasteiger partial charge in [0.25, 0.3) is 5.91 Å². The molecule has 0 aromatic heterocycles. The average molecular weight is 483 g/mol. The Kier molecular flexibility index (Phi) is 7.70.